The fourth-order valence-electron chi connectivity index (χ4n) is 3.77. The number of sulfone groups is 1. The summed E-state index contributed by atoms with van der Waals surface area (Å²) in [7, 11) is -3.52. The quantitative estimate of drug-likeness (QED) is 0.758. The number of para-hydroxylation sites is 1. The highest BCUT2D eigenvalue weighted by Crippen LogP contribution is 2.35. The zero-order valence-corrected chi connectivity index (χ0v) is 16.1. The molecule has 2 atom stereocenters. The number of nitrogens with one attached hydrogen (secondary N) is 2. The van der Waals surface area contributed by atoms with Crippen molar-refractivity contribution < 1.29 is 22.7 Å². The maximum Gasteiger partial charge on any atom is 0.237 e. The molecule has 1 fully saturated rings. The van der Waals surface area contributed by atoms with Crippen molar-refractivity contribution in [2.75, 3.05) is 24.7 Å². The number of rotatable bonds is 4. The molecular weight excluding hydrogens is 380 g/mol. The highest BCUT2D eigenvalue weighted by Gasteiger charge is 2.41. The molecule has 8 heteroatoms. The normalized spacial score (nSPS) is 21.0. The monoisotopic (exact) mass is 400 g/mol. The molecule has 2 aliphatic rings. The van der Waals surface area contributed by atoms with Crippen LogP contribution in [0.2, 0.25) is 0 Å². The second-order valence-corrected chi connectivity index (χ2v) is 9.04. The summed E-state index contributed by atoms with van der Waals surface area (Å²) in [5.74, 6) is -1.31. The summed E-state index contributed by atoms with van der Waals surface area (Å²) < 4.78 is 29.5. The van der Waals surface area contributed by atoms with E-state index in [1.54, 1.807) is 12.1 Å². The van der Waals surface area contributed by atoms with Crippen molar-refractivity contribution in [1.29, 1.82) is 0 Å². The van der Waals surface area contributed by atoms with Gasteiger partial charge in [-0.05, 0) is 29.3 Å². The Morgan fingerprint density at radius 2 is 2.00 bits per heavy atom. The van der Waals surface area contributed by atoms with Gasteiger partial charge in [-0.25, -0.2) is 8.42 Å². The minimum atomic E-state index is -3.52. The van der Waals surface area contributed by atoms with Crippen LogP contribution in [-0.2, 0) is 25.8 Å². The molecule has 0 aliphatic carbocycles. The Morgan fingerprint density at radius 1 is 1.21 bits per heavy atom. The van der Waals surface area contributed by atoms with Gasteiger partial charge in [0.15, 0.2) is 9.84 Å². The average molecular weight is 400 g/mol. The summed E-state index contributed by atoms with van der Waals surface area (Å²) >= 11 is 0. The Morgan fingerprint density at radius 3 is 2.79 bits per heavy atom. The van der Waals surface area contributed by atoms with E-state index in [0.29, 0.717) is 13.2 Å². The second kappa shape index (κ2) is 6.94. The zero-order valence-electron chi connectivity index (χ0n) is 15.3. The van der Waals surface area contributed by atoms with Gasteiger partial charge in [-0.3, -0.25) is 9.59 Å². The first-order valence-corrected chi connectivity index (χ1v) is 10.9. The SMILES string of the molecule is CS(=O)(=O)c1ccccc1NC(=O)[C@H]1C(=O)NC[C@@H]1c1ccc2c(c1)CCO2. The lowest BCUT2D eigenvalue weighted by atomic mass is 9.87. The molecule has 2 aromatic rings. The molecule has 28 heavy (non-hydrogen) atoms. The first-order chi connectivity index (χ1) is 13.3. The van der Waals surface area contributed by atoms with E-state index in [-0.39, 0.29) is 22.4 Å². The van der Waals surface area contributed by atoms with Crippen molar-refractivity contribution in [2.45, 2.75) is 17.2 Å². The van der Waals surface area contributed by atoms with Crippen LogP contribution in [0.15, 0.2) is 47.4 Å². The van der Waals surface area contributed by atoms with Gasteiger partial charge in [0, 0.05) is 25.1 Å². The lowest BCUT2D eigenvalue weighted by molar-refractivity contribution is -0.130. The van der Waals surface area contributed by atoms with Crippen LogP contribution >= 0.6 is 0 Å². The van der Waals surface area contributed by atoms with Gasteiger partial charge >= 0.3 is 0 Å². The zero-order chi connectivity index (χ0) is 19.9. The number of anilines is 1. The van der Waals surface area contributed by atoms with E-state index in [9.17, 15) is 18.0 Å². The van der Waals surface area contributed by atoms with Crippen molar-refractivity contribution in [3.63, 3.8) is 0 Å². The van der Waals surface area contributed by atoms with E-state index in [1.165, 1.54) is 12.1 Å². The van der Waals surface area contributed by atoms with Crippen molar-refractivity contribution in [2.24, 2.45) is 5.92 Å². The summed E-state index contributed by atoms with van der Waals surface area (Å²) in [4.78, 5) is 25.3. The standard InChI is InChI=1S/C20H20N2O5S/c1-28(25,26)17-5-3-2-4-15(17)22-20(24)18-14(11-21-19(18)23)12-6-7-16-13(10-12)8-9-27-16/h2-7,10,14,18H,8-9,11H2,1H3,(H,21,23)(H,22,24)/t14-,18-/m1/s1. The third kappa shape index (κ3) is 3.35. The number of benzene rings is 2. The van der Waals surface area contributed by atoms with E-state index in [0.717, 1.165) is 29.6 Å². The van der Waals surface area contributed by atoms with Gasteiger partial charge < -0.3 is 15.4 Å². The van der Waals surface area contributed by atoms with Crippen LogP contribution in [-0.4, -0.2) is 39.6 Å². The molecule has 0 saturated carbocycles. The highest BCUT2D eigenvalue weighted by atomic mass is 32.2. The second-order valence-electron chi connectivity index (χ2n) is 7.05. The number of carbonyl (C=O) groups excluding carboxylic acids is 2. The van der Waals surface area contributed by atoms with Crippen molar-refractivity contribution in [3.8, 4) is 5.75 Å². The lowest BCUT2D eigenvalue weighted by Crippen LogP contribution is -2.32. The minimum Gasteiger partial charge on any atom is -0.493 e. The number of ether oxygens (including phenoxy) is 1. The number of hydrogen-bond acceptors (Lipinski definition) is 5. The molecule has 0 spiro atoms. The first kappa shape index (κ1) is 18.5. The Hall–Kier alpha value is -2.87. The van der Waals surface area contributed by atoms with Crippen LogP contribution in [0.25, 0.3) is 0 Å². The molecule has 4 rings (SSSR count). The summed E-state index contributed by atoms with van der Waals surface area (Å²) in [6, 6.07) is 11.9. The van der Waals surface area contributed by atoms with E-state index < -0.39 is 21.7 Å². The fraction of sp³-hybridized carbons (Fsp3) is 0.300. The molecule has 0 bridgehead atoms. The summed E-state index contributed by atoms with van der Waals surface area (Å²) in [6.07, 6.45) is 1.88. The molecule has 2 heterocycles. The van der Waals surface area contributed by atoms with Gasteiger partial charge in [0.1, 0.15) is 11.7 Å². The van der Waals surface area contributed by atoms with Gasteiger partial charge in [0.25, 0.3) is 0 Å². The van der Waals surface area contributed by atoms with E-state index in [1.807, 2.05) is 18.2 Å². The number of carbonyl (C=O) groups is 2. The van der Waals surface area contributed by atoms with Gasteiger partial charge in [-0.2, -0.15) is 0 Å². The van der Waals surface area contributed by atoms with Crippen LogP contribution < -0.4 is 15.4 Å². The van der Waals surface area contributed by atoms with Crippen LogP contribution in [0.1, 0.15) is 17.0 Å². The third-order valence-corrected chi connectivity index (χ3v) is 6.30. The molecule has 2 N–H and O–H groups in total. The van der Waals surface area contributed by atoms with Gasteiger partial charge in [-0.1, -0.05) is 24.3 Å². The van der Waals surface area contributed by atoms with Crippen LogP contribution in [0.3, 0.4) is 0 Å². The predicted molar refractivity (Wildman–Crippen MR) is 103 cm³/mol. The summed E-state index contributed by atoms with van der Waals surface area (Å²) in [6.45, 7) is 0.983. The Bertz CT molecular complexity index is 1060. The smallest absolute Gasteiger partial charge is 0.237 e. The third-order valence-electron chi connectivity index (χ3n) is 5.15. The average Bonchev–Trinajstić information content (AvgIpc) is 3.26. The van der Waals surface area contributed by atoms with Crippen molar-refractivity contribution in [1.82, 2.24) is 5.32 Å². The maximum atomic E-state index is 12.9. The van der Waals surface area contributed by atoms with Crippen LogP contribution in [0.4, 0.5) is 5.69 Å². The molecule has 2 aromatic carbocycles. The van der Waals surface area contributed by atoms with Gasteiger partial charge in [0.05, 0.1) is 17.2 Å². The highest BCUT2D eigenvalue weighted by molar-refractivity contribution is 7.90. The van der Waals surface area contributed by atoms with Gasteiger partial charge in [0.2, 0.25) is 11.8 Å². The Balaban J connectivity index is 1.62. The van der Waals surface area contributed by atoms with E-state index in [2.05, 4.69) is 10.6 Å². The summed E-state index contributed by atoms with van der Waals surface area (Å²) in [5.41, 5.74) is 2.13. The predicted octanol–water partition coefficient (Wildman–Crippen LogP) is 1.49. The molecule has 1 saturated heterocycles. The number of amides is 2. The fourth-order valence-corrected chi connectivity index (χ4v) is 4.62. The Labute approximate surface area is 163 Å². The minimum absolute atomic E-state index is 0.0213. The Kier molecular flexibility index (Phi) is 4.58. The molecule has 146 valence electrons. The largest absolute Gasteiger partial charge is 0.493 e. The molecule has 7 nitrogen and oxygen atoms in total. The van der Waals surface area contributed by atoms with Crippen LogP contribution in [0.5, 0.6) is 5.75 Å². The number of hydrogen-bond donors (Lipinski definition) is 2. The van der Waals surface area contributed by atoms with Crippen LogP contribution in [0, 0.1) is 5.92 Å². The molecular formula is C20H20N2O5S. The molecule has 2 aliphatic heterocycles. The van der Waals surface area contributed by atoms with E-state index in [4.69, 9.17) is 4.74 Å². The molecule has 0 unspecified atom stereocenters. The lowest BCUT2D eigenvalue weighted by Gasteiger charge is -2.18. The number of fused-ring (bicyclic) bond motifs is 1. The van der Waals surface area contributed by atoms with Crippen molar-refractivity contribution in [3.05, 3.63) is 53.6 Å². The molecule has 0 aromatic heterocycles. The first-order valence-electron chi connectivity index (χ1n) is 8.98. The van der Waals surface area contributed by atoms with E-state index >= 15 is 0 Å². The summed E-state index contributed by atoms with van der Waals surface area (Å²) in [5, 5.41) is 5.39. The maximum absolute atomic E-state index is 12.9. The molecule has 0 radical (unpaired) electrons. The topological polar surface area (TPSA) is 102 Å². The van der Waals surface area contributed by atoms with Crippen molar-refractivity contribution >= 4 is 27.3 Å². The van der Waals surface area contributed by atoms with Gasteiger partial charge in [-0.15, -0.1) is 0 Å². The molecule has 2 amide bonds.